The largest absolute Gasteiger partial charge is 0.348 e. The molecule has 1 aliphatic heterocycles. The zero-order valence-electron chi connectivity index (χ0n) is 9.65. The molecule has 1 amide bonds. The van der Waals surface area contributed by atoms with E-state index in [4.69, 9.17) is 11.6 Å². The van der Waals surface area contributed by atoms with Crippen LogP contribution < -0.4 is 5.32 Å². The van der Waals surface area contributed by atoms with E-state index in [1.165, 1.54) is 12.8 Å². The first-order valence-electron chi connectivity index (χ1n) is 5.64. The molecule has 0 aliphatic carbocycles. The summed E-state index contributed by atoms with van der Waals surface area (Å²) < 4.78 is 0.296. The summed E-state index contributed by atoms with van der Waals surface area (Å²) >= 11 is 6.73. The number of likely N-dealkylation sites (tertiary alicyclic amines) is 1. The Morgan fingerprint density at radius 2 is 2.41 bits per heavy atom. The quantitative estimate of drug-likeness (QED) is 0.905. The van der Waals surface area contributed by atoms with Crippen LogP contribution in [-0.2, 0) is 0 Å². The predicted molar refractivity (Wildman–Crippen MR) is 67.5 cm³/mol. The Morgan fingerprint density at radius 3 is 3.06 bits per heavy atom. The first-order chi connectivity index (χ1) is 8.16. The fourth-order valence-electron chi connectivity index (χ4n) is 1.99. The van der Waals surface area contributed by atoms with Gasteiger partial charge in [0.05, 0.1) is 0 Å². The van der Waals surface area contributed by atoms with E-state index in [2.05, 4.69) is 27.5 Å². The number of hydrogen-bond donors (Lipinski definition) is 1. The van der Waals surface area contributed by atoms with Crippen molar-refractivity contribution in [2.45, 2.75) is 25.3 Å². The van der Waals surface area contributed by atoms with Crippen molar-refractivity contribution in [2.24, 2.45) is 0 Å². The minimum absolute atomic E-state index is 0.187. The average molecular weight is 275 g/mol. The molecule has 94 valence electrons. The van der Waals surface area contributed by atoms with Gasteiger partial charge in [-0.1, -0.05) is 17.8 Å². The van der Waals surface area contributed by atoms with Crippen LogP contribution in [0.4, 0.5) is 0 Å². The van der Waals surface area contributed by atoms with Gasteiger partial charge >= 0.3 is 0 Å². The summed E-state index contributed by atoms with van der Waals surface area (Å²) in [5, 5.41) is 10.5. The van der Waals surface area contributed by atoms with Gasteiger partial charge < -0.3 is 10.2 Å². The van der Waals surface area contributed by atoms with E-state index in [9.17, 15) is 4.79 Å². The second kappa shape index (κ2) is 5.75. The Kier molecular flexibility index (Phi) is 4.31. The van der Waals surface area contributed by atoms with Crippen molar-refractivity contribution in [1.29, 1.82) is 0 Å². The fraction of sp³-hybridized carbons (Fsp3) is 0.700. The minimum Gasteiger partial charge on any atom is -0.348 e. The Labute approximate surface area is 109 Å². The van der Waals surface area contributed by atoms with Gasteiger partial charge in [-0.3, -0.25) is 4.79 Å². The number of nitrogens with one attached hydrogen (secondary N) is 1. The van der Waals surface area contributed by atoms with Crippen LogP contribution in [0.5, 0.6) is 0 Å². The lowest BCUT2D eigenvalue weighted by atomic mass is 10.0. The number of piperidine rings is 1. The van der Waals surface area contributed by atoms with Gasteiger partial charge in [0.25, 0.3) is 5.91 Å². The van der Waals surface area contributed by atoms with Crippen molar-refractivity contribution in [3.63, 3.8) is 0 Å². The molecule has 5 nitrogen and oxygen atoms in total. The molecular weight excluding hydrogens is 260 g/mol. The second-order valence-corrected chi connectivity index (χ2v) is 5.76. The topological polar surface area (TPSA) is 58.1 Å². The highest BCUT2D eigenvalue weighted by Crippen LogP contribution is 2.16. The molecule has 17 heavy (non-hydrogen) atoms. The molecule has 1 fully saturated rings. The number of likely N-dealkylation sites (N-methyl/N-ethyl adjacent to an activating group) is 1. The van der Waals surface area contributed by atoms with Crippen LogP contribution in [0.1, 0.15) is 29.1 Å². The third-order valence-electron chi connectivity index (χ3n) is 3.01. The van der Waals surface area contributed by atoms with Crippen LogP contribution in [-0.4, -0.2) is 47.2 Å². The third kappa shape index (κ3) is 3.37. The lowest BCUT2D eigenvalue weighted by Crippen LogP contribution is -2.44. The van der Waals surface area contributed by atoms with Crippen molar-refractivity contribution in [3.05, 3.63) is 9.47 Å². The van der Waals surface area contributed by atoms with Gasteiger partial charge in [-0.25, -0.2) is 0 Å². The zero-order valence-corrected chi connectivity index (χ0v) is 11.2. The highest BCUT2D eigenvalue weighted by Gasteiger charge is 2.20. The Hall–Kier alpha value is -0.720. The van der Waals surface area contributed by atoms with E-state index in [-0.39, 0.29) is 5.91 Å². The van der Waals surface area contributed by atoms with Crippen LogP contribution in [0, 0.1) is 0 Å². The summed E-state index contributed by atoms with van der Waals surface area (Å²) in [6.45, 7) is 1.76. The monoisotopic (exact) mass is 274 g/mol. The van der Waals surface area contributed by atoms with E-state index < -0.39 is 0 Å². The molecule has 1 atom stereocenters. The van der Waals surface area contributed by atoms with Crippen LogP contribution in [0.2, 0.25) is 4.47 Å². The summed E-state index contributed by atoms with van der Waals surface area (Å²) in [7, 11) is 2.10. The molecule has 2 rings (SSSR count). The summed E-state index contributed by atoms with van der Waals surface area (Å²) in [6, 6.07) is 0.427. The second-order valence-electron chi connectivity index (χ2n) is 4.20. The Bertz CT molecular complexity index is 397. The molecule has 0 aromatic carbocycles. The van der Waals surface area contributed by atoms with Gasteiger partial charge in [0, 0.05) is 12.6 Å². The van der Waals surface area contributed by atoms with Crippen molar-refractivity contribution in [2.75, 3.05) is 20.1 Å². The number of hydrogen-bond acceptors (Lipinski definition) is 5. The minimum atomic E-state index is -0.187. The molecule has 1 N–H and O–H groups in total. The van der Waals surface area contributed by atoms with Crippen LogP contribution in [0.15, 0.2) is 0 Å². The van der Waals surface area contributed by atoms with E-state index in [1.54, 1.807) is 0 Å². The third-order valence-corrected chi connectivity index (χ3v) is 4.03. The molecule has 2 heterocycles. The van der Waals surface area contributed by atoms with Crippen LogP contribution in [0.3, 0.4) is 0 Å². The first-order valence-corrected chi connectivity index (χ1v) is 6.83. The van der Waals surface area contributed by atoms with E-state index in [0.29, 0.717) is 22.1 Å². The maximum atomic E-state index is 11.7. The average Bonchev–Trinajstić information content (AvgIpc) is 2.74. The van der Waals surface area contributed by atoms with Gasteiger partial charge in [-0.05, 0) is 38.0 Å². The van der Waals surface area contributed by atoms with E-state index >= 15 is 0 Å². The summed E-state index contributed by atoms with van der Waals surface area (Å²) in [5.41, 5.74) is 0. The van der Waals surface area contributed by atoms with Gasteiger partial charge in [0.1, 0.15) is 0 Å². The van der Waals surface area contributed by atoms with Crippen LogP contribution in [0.25, 0.3) is 0 Å². The van der Waals surface area contributed by atoms with E-state index in [0.717, 1.165) is 24.3 Å². The summed E-state index contributed by atoms with van der Waals surface area (Å²) in [5.74, 6) is -0.187. The maximum absolute atomic E-state index is 11.7. The number of halogens is 1. The SMILES string of the molecule is CN1CCCCC1CNC(=O)c1nnc(Cl)s1. The first kappa shape index (κ1) is 12.7. The maximum Gasteiger partial charge on any atom is 0.282 e. The number of carbonyl (C=O) groups excluding carboxylic acids is 1. The van der Waals surface area contributed by atoms with Crippen molar-refractivity contribution in [3.8, 4) is 0 Å². The lowest BCUT2D eigenvalue weighted by molar-refractivity contribution is 0.0927. The van der Waals surface area contributed by atoms with Crippen molar-refractivity contribution < 1.29 is 4.79 Å². The zero-order chi connectivity index (χ0) is 12.3. The molecule has 0 spiro atoms. The molecule has 1 aliphatic rings. The lowest BCUT2D eigenvalue weighted by Gasteiger charge is -2.32. The van der Waals surface area contributed by atoms with Gasteiger partial charge in [0.15, 0.2) is 0 Å². The molecule has 0 radical (unpaired) electrons. The predicted octanol–water partition coefficient (Wildman–Crippen LogP) is 1.41. The molecule has 0 saturated carbocycles. The molecule has 1 aromatic heterocycles. The van der Waals surface area contributed by atoms with Crippen molar-refractivity contribution >= 4 is 28.8 Å². The summed E-state index contributed by atoms with van der Waals surface area (Å²) in [6.07, 6.45) is 3.61. The Morgan fingerprint density at radius 1 is 1.59 bits per heavy atom. The molecule has 1 aromatic rings. The fourth-order valence-corrected chi connectivity index (χ4v) is 2.73. The number of amides is 1. The molecule has 1 saturated heterocycles. The normalized spacial score (nSPS) is 21.4. The van der Waals surface area contributed by atoms with E-state index in [1.807, 2.05) is 0 Å². The van der Waals surface area contributed by atoms with Gasteiger partial charge in [-0.15, -0.1) is 10.2 Å². The van der Waals surface area contributed by atoms with Crippen LogP contribution >= 0.6 is 22.9 Å². The highest BCUT2D eigenvalue weighted by atomic mass is 35.5. The smallest absolute Gasteiger partial charge is 0.282 e. The highest BCUT2D eigenvalue weighted by molar-refractivity contribution is 7.17. The Balaban J connectivity index is 1.83. The molecule has 7 heteroatoms. The molecule has 0 bridgehead atoms. The number of rotatable bonds is 3. The van der Waals surface area contributed by atoms with Crippen molar-refractivity contribution in [1.82, 2.24) is 20.4 Å². The standard InChI is InChI=1S/C10H15ClN4OS/c1-15-5-3-2-4-7(15)6-12-8(16)9-13-14-10(11)17-9/h7H,2-6H2,1H3,(H,12,16). The van der Waals surface area contributed by atoms with Gasteiger partial charge in [0.2, 0.25) is 9.47 Å². The molecule has 1 unspecified atom stereocenters. The summed E-state index contributed by atoms with van der Waals surface area (Å²) in [4.78, 5) is 14.0. The number of aromatic nitrogens is 2. The number of nitrogens with zero attached hydrogens (tertiary/aromatic N) is 3. The number of carbonyl (C=O) groups is 1. The molecular formula is C10H15ClN4OS. The van der Waals surface area contributed by atoms with Gasteiger partial charge in [-0.2, -0.15) is 0 Å².